The summed E-state index contributed by atoms with van der Waals surface area (Å²) in [4.78, 5) is 16.9. The van der Waals surface area contributed by atoms with Crippen molar-refractivity contribution in [3.05, 3.63) is 42.5 Å². The Morgan fingerprint density at radius 3 is 2.21 bits per heavy atom. The van der Waals surface area contributed by atoms with E-state index in [0.29, 0.717) is 17.0 Å². The highest BCUT2D eigenvalue weighted by molar-refractivity contribution is 7.86. The van der Waals surface area contributed by atoms with Crippen LogP contribution in [0.3, 0.4) is 0 Å². The number of anilines is 2. The molecule has 0 aliphatic rings. The fourth-order valence-electron chi connectivity index (χ4n) is 2.76. The third-order valence-corrected chi connectivity index (χ3v) is 5.37. The topological polar surface area (TPSA) is 169 Å². The summed E-state index contributed by atoms with van der Waals surface area (Å²) in [7, 11) is -7.18. The molecule has 0 fully saturated rings. The van der Waals surface area contributed by atoms with E-state index < -0.39 is 20.2 Å². The average molecular weight is 534 g/mol. The number of benzene rings is 1. The van der Waals surface area contributed by atoms with Crippen molar-refractivity contribution >= 4 is 61.5 Å². The molecule has 0 radical (unpaired) electrons. The molecule has 1 aromatic carbocycles. The zero-order chi connectivity index (χ0) is 23.9. The molecule has 16 heteroatoms. The van der Waals surface area contributed by atoms with Gasteiger partial charge in [-0.1, -0.05) is 12.1 Å². The Bertz CT molecular complexity index is 1280. The van der Waals surface area contributed by atoms with Gasteiger partial charge < -0.3 is 9.88 Å². The highest BCUT2D eigenvalue weighted by Gasteiger charge is 2.11. The molecule has 3 rings (SSSR count). The van der Waals surface area contributed by atoms with E-state index in [0.717, 1.165) is 23.8 Å². The van der Waals surface area contributed by atoms with Gasteiger partial charge in [-0.25, -0.2) is 15.0 Å². The van der Waals surface area contributed by atoms with Gasteiger partial charge in [-0.3, -0.25) is 13.8 Å². The van der Waals surface area contributed by atoms with Crippen molar-refractivity contribution in [3.8, 4) is 0 Å². The van der Waals surface area contributed by atoms with Crippen LogP contribution in [0.5, 0.6) is 0 Å². The number of nitrogens with zero attached hydrogens (tertiary/aromatic N) is 5. The third-order valence-electron chi connectivity index (χ3n) is 4.18. The fraction of sp³-hybridized carbons (Fsp3) is 0.333. The monoisotopic (exact) mass is 533 g/mol. The summed E-state index contributed by atoms with van der Waals surface area (Å²) in [5, 5.41) is 4.17. The summed E-state index contributed by atoms with van der Waals surface area (Å²) in [6.07, 6.45) is 6.42. The van der Waals surface area contributed by atoms with Crippen molar-refractivity contribution in [2.24, 2.45) is 5.10 Å². The van der Waals surface area contributed by atoms with E-state index >= 15 is 0 Å². The normalized spacial score (nSPS) is 12.1. The molecule has 0 bridgehead atoms. The summed E-state index contributed by atoms with van der Waals surface area (Å²) in [5.41, 5.74) is 5.49. The molecule has 0 amide bonds. The largest absolute Gasteiger partial charge is 0.367 e. The highest BCUT2D eigenvalue weighted by atomic mass is 35.5. The van der Waals surface area contributed by atoms with E-state index in [9.17, 15) is 16.8 Å². The standard InChI is InChI=1S/C18H23N7O6S2.ClH/c1-32(26,27)30-9-7-25(8-10-31-33(2,28)29)15-5-3-14(4-6-15)11-23-24-18-16-17(20-12-19-16)21-13-22-18;/h3-6,11-13H,7-10H2,1-2H3,(H2,19,20,21,22,24);1H/b23-11+;. The molecule has 0 saturated heterocycles. The van der Waals surface area contributed by atoms with Crippen LogP contribution in [0, 0.1) is 0 Å². The second kappa shape index (κ2) is 12.0. The number of hydrogen-bond donors (Lipinski definition) is 2. The van der Waals surface area contributed by atoms with Crippen molar-refractivity contribution in [1.29, 1.82) is 0 Å². The van der Waals surface area contributed by atoms with E-state index in [2.05, 4.69) is 30.5 Å². The van der Waals surface area contributed by atoms with E-state index in [-0.39, 0.29) is 38.7 Å². The van der Waals surface area contributed by atoms with E-state index in [4.69, 9.17) is 8.37 Å². The van der Waals surface area contributed by atoms with Crippen LogP contribution in [-0.2, 0) is 28.6 Å². The Balaban J connectivity index is 0.00000408. The van der Waals surface area contributed by atoms with E-state index in [1.807, 2.05) is 0 Å². The molecule has 0 aliphatic carbocycles. The summed E-state index contributed by atoms with van der Waals surface area (Å²) in [6, 6.07) is 7.18. The van der Waals surface area contributed by atoms with Crippen LogP contribution in [0.2, 0.25) is 0 Å². The number of halogens is 1. The number of fused-ring (bicyclic) bond motifs is 1. The van der Waals surface area contributed by atoms with Crippen LogP contribution in [-0.4, -0.2) is 81.8 Å². The van der Waals surface area contributed by atoms with Crippen molar-refractivity contribution in [2.75, 3.05) is 49.1 Å². The van der Waals surface area contributed by atoms with Gasteiger partial charge in [0.1, 0.15) is 11.8 Å². The predicted octanol–water partition coefficient (Wildman–Crippen LogP) is 0.980. The maximum absolute atomic E-state index is 11.2. The average Bonchev–Trinajstić information content (AvgIpc) is 3.21. The number of H-pyrrole nitrogens is 1. The van der Waals surface area contributed by atoms with Crippen LogP contribution in [0.1, 0.15) is 5.56 Å². The SMILES string of the molecule is CS(=O)(=O)OCCN(CCOS(C)(=O)=O)c1ccc(/C=N/Nc2ncnc3nc[nH]c23)cc1.Cl. The first-order chi connectivity index (χ1) is 15.6. The second-order valence-electron chi connectivity index (χ2n) is 6.82. The van der Waals surface area contributed by atoms with Crippen LogP contribution in [0.25, 0.3) is 11.2 Å². The minimum Gasteiger partial charge on any atom is -0.367 e. The molecule has 2 heterocycles. The van der Waals surface area contributed by atoms with Gasteiger partial charge in [0.15, 0.2) is 11.5 Å². The Morgan fingerprint density at radius 2 is 1.62 bits per heavy atom. The summed E-state index contributed by atoms with van der Waals surface area (Å²) in [6.45, 7) is 0.240. The molecule has 13 nitrogen and oxygen atoms in total. The maximum atomic E-state index is 11.2. The van der Waals surface area contributed by atoms with Crippen LogP contribution in [0.4, 0.5) is 11.5 Å². The number of imidazole rings is 1. The second-order valence-corrected chi connectivity index (χ2v) is 10.1. The molecule has 34 heavy (non-hydrogen) atoms. The maximum Gasteiger partial charge on any atom is 0.264 e. The smallest absolute Gasteiger partial charge is 0.264 e. The Hall–Kier alpha value is -2.85. The third kappa shape index (κ3) is 8.83. The Morgan fingerprint density at radius 1 is 1.00 bits per heavy atom. The fourth-order valence-corrected chi connectivity index (χ4v) is 3.51. The highest BCUT2D eigenvalue weighted by Crippen LogP contribution is 2.16. The number of rotatable bonds is 12. The first-order valence-electron chi connectivity index (χ1n) is 9.58. The number of hydrazone groups is 1. The molecule has 0 saturated carbocycles. The van der Waals surface area contributed by atoms with Gasteiger partial charge in [-0.15, -0.1) is 12.4 Å². The molecule has 3 aromatic rings. The lowest BCUT2D eigenvalue weighted by Gasteiger charge is -2.24. The van der Waals surface area contributed by atoms with Crippen LogP contribution >= 0.6 is 12.4 Å². The molecule has 2 N–H and O–H groups in total. The zero-order valence-electron chi connectivity index (χ0n) is 18.3. The lowest BCUT2D eigenvalue weighted by atomic mass is 10.2. The molecule has 0 spiro atoms. The quantitative estimate of drug-likeness (QED) is 0.193. The van der Waals surface area contributed by atoms with E-state index in [1.165, 1.54) is 12.7 Å². The Labute approximate surface area is 203 Å². The van der Waals surface area contributed by atoms with Crippen molar-refractivity contribution in [3.63, 3.8) is 0 Å². The molecule has 2 aromatic heterocycles. The number of aromatic nitrogens is 4. The summed E-state index contributed by atoms with van der Waals surface area (Å²) >= 11 is 0. The minimum absolute atomic E-state index is 0. The van der Waals surface area contributed by atoms with Crippen molar-refractivity contribution in [2.45, 2.75) is 0 Å². The molecule has 186 valence electrons. The summed E-state index contributed by atoms with van der Waals surface area (Å²) < 4.78 is 54.5. The van der Waals surface area contributed by atoms with Gasteiger partial charge in [0.05, 0.1) is 38.3 Å². The number of nitrogens with one attached hydrogen (secondary N) is 2. The first kappa shape index (κ1) is 27.4. The predicted molar refractivity (Wildman–Crippen MR) is 130 cm³/mol. The summed E-state index contributed by atoms with van der Waals surface area (Å²) in [5.74, 6) is 0.480. The van der Waals surface area contributed by atoms with Crippen molar-refractivity contribution < 1.29 is 25.2 Å². The number of hydrogen-bond acceptors (Lipinski definition) is 12. The molecule has 0 aliphatic heterocycles. The lowest BCUT2D eigenvalue weighted by molar-refractivity contribution is 0.309. The van der Waals surface area contributed by atoms with Gasteiger partial charge in [-0.2, -0.15) is 21.9 Å². The van der Waals surface area contributed by atoms with Gasteiger partial charge >= 0.3 is 0 Å². The minimum atomic E-state index is -3.59. The van der Waals surface area contributed by atoms with Crippen molar-refractivity contribution in [1.82, 2.24) is 19.9 Å². The molecular weight excluding hydrogens is 510 g/mol. The number of aromatic amines is 1. The first-order valence-corrected chi connectivity index (χ1v) is 13.2. The van der Waals surface area contributed by atoms with Crippen LogP contribution < -0.4 is 10.3 Å². The Kier molecular flexibility index (Phi) is 9.69. The molecule has 0 unspecified atom stereocenters. The van der Waals surface area contributed by atoms with Gasteiger partial charge in [0.2, 0.25) is 0 Å². The lowest BCUT2D eigenvalue weighted by Crippen LogP contribution is -2.32. The van der Waals surface area contributed by atoms with E-state index in [1.54, 1.807) is 35.4 Å². The van der Waals surface area contributed by atoms with Gasteiger partial charge in [0, 0.05) is 18.8 Å². The van der Waals surface area contributed by atoms with Gasteiger partial charge in [0.25, 0.3) is 20.2 Å². The molecular formula is C18H24ClN7O6S2. The molecule has 0 atom stereocenters. The zero-order valence-corrected chi connectivity index (χ0v) is 20.7. The van der Waals surface area contributed by atoms with Gasteiger partial charge in [-0.05, 0) is 17.7 Å². The van der Waals surface area contributed by atoms with Crippen LogP contribution in [0.15, 0.2) is 42.0 Å².